The summed E-state index contributed by atoms with van der Waals surface area (Å²) in [6.45, 7) is 9.30. The Hall–Kier alpha value is -13.8. The summed E-state index contributed by atoms with van der Waals surface area (Å²) in [5, 5.41) is 13.6. The van der Waals surface area contributed by atoms with Gasteiger partial charge < -0.3 is 19.4 Å². The van der Waals surface area contributed by atoms with Gasteiger partial charge in [0.15, 0.2) is 0 Å². The molecule has 0 atom stereocenters. The molecule has 0 amide bonds. The summed E-state index contributed by atoms with van der Waals surface area (Å²) in [4.78, 5) is 2.41. The molecule has 0 spiro atoms. The molecule has 4 nitrogen and oxygen atoms in total. The number of para-hydroxylation sites is 4. The summed E-state index contributed by atoms with van der Waals surface area (Å²) >= 11 is 3.56. The lowest BCUT2D eigenvalue weighted by molar-refractivity contribution is 0.660. The molecule has 564 valence electrons. The van der Waals surface area contributed by atoms with E-state index in [2.05, 4.69) is 469 Å². The summed E-state index contributed by atoms with van der Waals surface area (Å²) in [5.74, 6) is 0. The van der Waals surface area contributed by atoms with E-state index in [0.717, 1.165) is 32.9 Å². The van der Waals surface area contributed by atoms with Gasteiger partial charge in [-0.2, -0.15) is 0 Å². The molecule has 0 radical (unpaired) electrons. The number of halogens is 1. The first-order chi connectivity index (χ1) is 56.5. The third-order valence-corrected chi connectivity index (χ3v) is 24.4. The van der Waals surface area contributed by atoms with Gasteiger partial charge in [0.1, 0.15) is 0 Å². The fourth-order valence-electron chi connectivity index (χ4n) is 18.2. The van der Waals surface area contributed by atoms with E-state index in [4.69, 9.17) is 0 Å². The zero-order valence-corrected chi connectivity index (χ0v) is 66.1. The molecule has 0 saturated heterocycles. The minimum absolute atomic E-state index is 0. The number of fused-ring (bicyclic) bond motifs is 16. The quantitative estimate of drug-likeness (QED) is 0.140. The summed E-state index contributed by atoms with van der Waals surface area (Å²) in [5.41, 5.74) is 33.4. The number of aromatic nitrogens is 2. The van der Waals surface area contributed by atoms with Crippen molar-refractivity contribution in [2.75, 3.05) is 10.2 Å². The van der Waals surface area contributed by atoms with Gasteiger partial charge >= 0.3 is 0 Å². The molecule has 2 aliphatic rings. The minimum Gasteiger partial charge on any atom is -0.356 e. The Morgan fingerprint density at radius 1 is 0.248 bits per heavy atom. The van der Waals surface area contributed by atoms with Crippen LogP contribution >= 0.6 is 15.9 Å². The highest BCUT2D eigenvalue weighted by atomic mass is 79.9. The summed E-state index contributed by atoms with van der Waals surface area (Å²) in [6, 6.07) is 149. The first kappa shape index (κ1) is 74.6. The van der Waals surface area contributed by atoms with Crippen molar-refractivity contribution in [2.45, 2.75) is 53.4 Å². The maximum atomic E-state index is 3.57. The van der Waals surface area contributed by atoms with Gasteiger partial charge in [0, 0.05) is 87.2 Å². The number of nitrogens with zero attached hydrogens (tertiary/aromatic N) is 3. The second-order valence-corrected chi connectivity index (χ2v) is 32.2. The molecule has 2 aliphatic carbocycles. The second-order valence-electron chi connectivity index (χ2n) is 31.3. The molecule has 2 heterocycles. The van der Waals surface area contributed by atoms with Crippen molar-refractivity contribution < 1.29 is 0 Å². The number of benzene rings is 18. The van der Waals surface area contributed by atoms with Crippen LogP contribution in [0, 0.1) is 0 Å². The molecule has 0 aliphatic heterocycles. The Morgan fingerprint density at radius 2 is 0.581 bits per heavy atom. The van der Waals surface area contributed by atoms with Gasteiger partial charge in [0.25, 0.3) is 0 Å². The third-order valence-electron chi connectivity index (χ3n) is 23.9. The van der Waals surface area contributed by atoms with Crippen molar-refractivity contribution in [2.24, 2.45) is 0 Å². The standard InChI is InChI=1S/C55H40N2.C40H28N2.C15H13Br.2CH4/c1-55(2)50-21-11-8-19-46(50)47-35-33-43(36-51(47)55)56(41-29-24-38(25-30-41)37-14-4-3-5-15-37)42-31-26-40(27-32-42)44-17-9-12-22-52(44)57-53-23-13-10-20-48(53)49-34-28-39-16-6-7-18-45(39)54(49)57;1-2-10-28(11-3-1)29-18-23-32(24-19-29)41-33-25-20-31(21-26-33)34-13-6-8-16-38(34)42-39-17-9-7-15-36(39)37-27-22-30-12-4-5-14-35(30)40(37)42;1-15(2)13-6-4-3-5-11(13)12-8-7-10(16)9-14(12)15;;/h3-36H,1-2H3;1-27,41H;3-9H,1-2H3;2*1H4. The topological polar surface area (TPSA) is 25.1 Å². The summed E-state index contributed by atoms with van der Waals surface area (Å²) in [6.07, 6.45) is 0. The van der Waals surface area contributed by atoms with Crippen LogP contribution in [-0.2, 0) is 10.8 Å². The van der Waals surface area contributed by atoms with Crippen molar-refractivity contribution in [3.63, 3.8) is 0 Å². The normalized spacial score (nSPS) is 12.5. The highest BCUT2D eigenvalue weighted by Crippen LogP contribution is 2.53. The fraction of sp³-hybridized carbons (Fsp3) is 0.0714. The number of nitrogens with one attached hydrogen (secondary N) is 1. The van der Waals surface area contributed by atoms with E-state index >= 15 is 0 Å². The van der Waals surface area contributed by atoms with Crippen LogP contribution in [0.2, 0.25) is 0 Å². The maximum Gasteiger partial charge on any atom is 0.0619 e. The van der Waals surface area contributed by atoms with E-state index in [0.29, 0.717) is 0 Å². The lowest BCUT2D eigenvalue weighted by Gasteiger charge is -2.28. The summed E-state index contributed by atoms with van der Waals surface area (Å²) in [7, 11) is 0. The molecule has 0 fully saturated rings. The molecule has 117 heavy (non-hydrogen) atoms. The average Bonchev–Trinajstić information content (AvgIpc) is 1.62. The Labute approximate surface area is 694 Å². The fourth-order valence-corrected chi connectivity index (χ4v) is 18.6. The van der Waals surface area contributed by atoms with Gasteiger partial charge in [-0.3, -0.25) is 0 Å². The zero-order valence-electron chi connectivity index (χ0n) is 64.5. The van der Waals surface area contributed by atoms with E-state index in [1.807, 2.05) is 6.07 Å². The Balaban J connectivity index is 0.000000137. The molecule has 1 N–H and O–H groups in total. The average molecular weight is 1570 g/mol. The predicted octanol–water partition coefficient (Wildman–Crippen LogP) is 32.1. The van der Waals surface area contributed by atoms with E-state index < -0.39 is 0 Å². The third kappa shape index (κ3) is 13.2. The molecule has 18 aromatic carbocycles. The predicted molar refractivity (Wildman–Crippen MR) is 505 cm³/mol. The first-order valence-corrected chi connectivity index (χ1v) is 40.5. The van der Waals surface area contributed by atoms with E-state index in [1.165, 1.54) is 166 Å². The molecule has 2 aromatic heterocycles. The number of anilines is 5. The first-order valence-electron chi connectivity index (χ1n) is 39.7. The van der Waals surface area contributed by atoms with Gasteiger partial charge in [-0.25, -0.2) is 0 Å². The van der Waals surface area contributed by atoms with Crippen LogP contribution in [0.5, 0.6) is 0 Å². The molecule has 0 bridgehead atoms. The van der Waals surface area contributed by atoms with E-state index in [1.54, 1.807) is 0 Å². The number of hydrogen-bond donors (Lipinski definition) is 1. The van der Waals surface area contributed by atoms with Crippen LogP contribution in [0.15, 0.2) is 417 Å². The molecular formula is C112H89BrN4. The van der Waals surface area contributed by atoms with Crippen LogP contribution in [-0.4, -0.2) is 9.13 Å². The van der Waals surface area contributed by atoms with Gasteiger partial charge in [0.05, 0.1) is 33.4 Å². The molecule has 0 saturated carbocycles. The summed E-state index contributed by atoms with van der Waals surface area (Å²) < 4.78 is 6.08. The molecular weight excluding hydrogens is 1480 g/mol. The van der Waals surface area contributed by atoms with Crippen molar-refractivity contribution in [3.8, 4) is 78.1 Å². The second kappa shape index (κ2) is 30.8. The largest absolute Gasteiger partial charge is 0.356 e. The molecule has 22 rings (SSSR count). The van der Waals surface area contributed by atoms with Crippen molar-refractivity contribution in [1.29, 1.82) is 0 Å². The van der Waals surface area contributed by atoms with E-state index in [9.17, 15) is 0 Å². The Kier molecular flexibility index (Phi) is 19.6. The number of rotatable bonds is 11. The van der Waals surface area contributed by atoms with Crippen molar-refractivity contribution in [3.05, 3.63) is 439 Å². The molecule has 5 heteroatoms. The van der Waals surface area contributed by atoms with Crippen LogP contribution in [0.1, 0.15) is 64.8 Å². The molecule has 0 unspecified atom stereocenters. The monoisotopic (exact) mass is 1570 g/mol. The van der Waals surface area contributed by atoms with Crippen LogP contribution in [0.25, 0.3) is 143 Å². The molecule has 20 aromatic rings. The Morgan fingerprint density at radius 3 is 1.05 bits per heavy atom. The lowest BCUT2D eigenvalue weighted by Crippen LogP contribution is -2.16. The van der Waals surface area contributed by atoms with Crippen molar-refractivity contribution in [1.82, 2.24) is 9.13 Å². The SMILES string of the molecule is C.C.CC1(C)c2ccccc2-c2ccc(Br)cc21.CC1(C)c2ccccc2-c2ccc(N(c3ccc(-c4ccccc4)cc3)c3ccc(-c4ccccc4-n4c5ccccc5c5ccc6ccccc6c54)cc3)cc21.c1ccc(-c2ccc(Nc3ccc(-c4ccccc4-n4c5ccccc5c5ccc6ccccc6c54)cc3)cc2)cc1. The highest BCUT2D eigenvalue weighted by molar-refractivity contribution is 9.10. The number of hydrogen-bond acceptors (Lipinski definition) is 2. The van der Waals surface area contributed by atoms with Gasteiger partial charge in [-0.15, -0.1) is 0 Å². The maximum absolute atomic E-state index is 3.57. The zero-order chi connectivity index (χ0) is 77.3. The minimum atomic E-state index is -0.101. The smallest absolute Gasteiger partial charge is 0.0619 e. The van der Waals surface area contributed by atoms with Gasteiger partial charge in [0.2, 0.25) is 0 Å². The van der Waals surface area contributed by atoms with Gasteiger partial charge in [-0.1, -0.05) is 374 Å². The Bertz CT molecular complexity index is 7090. The van der Waals surface area contributed by atoms with Crippen molar-refractivity contribution >= 4 is 110 Å². The van der Waals surface area contributed by atoms with Crippen LogP contribution < -0.4 is 10.2 Å². The lowest BCUT2D eigenvalue weighted by atomic mass is 9.82. The highest BCUT2D eigenvalue weighted by Gasteiger charge is 2.37. The van der Waals surface area contributed by atoms with Crippen LogP contribution in [0.4, 0.5) is 28.4 Å². The van der Waals surface area contributed by atoms with Gasteiger partial charge in [-0.05, 0) is 186 Å². The van der Waals surface area contributed by atoms with Crippen LogP contribution in [0.3, 0.4) is 0 Å². The van der Waals surface area contributed by atoms with E-state index in [-0.39, 0.29) is 25.7 Å².